The van der Waals surface area contributed by atoms with Gasteiger partial charge in [0, 0.05) is 28.9 Å². The van der Waals surface area contributed by atoms with Crippen LogP contribution in [0.5, 0.6) is 5.75 Å². The third-order valence-corrected chi connectivity index (χ3v) is 9.06. The molecule has 1 N–H and O–H groups in total. The SMILES string of the molecule is O=C(Cc1ccc(OCc2ccc3ccccc3n2)cc1C1(c2ccccc2)CC2CCC1C2)Nc1ccncc1. The van der Waals surface area contributed by atoms with Crippen LogP contribution in [0.4, 0.5) is 5.69 Å². The van der Waals surface area contributed by atoms with Gasteiger partial charge in [-0.05, 0) is 84.2 Å². The second-order valence-corrected chi connectivity index (χ2v) is 11.5. The Morgan fingerprint density at radius 1 is 0.902 bits per heavy atom. The average Bonchev–Trinajstić information content (AvgIpc) is 3.64. The summed E-state index contributed by atoms with van der Waals surface area (Å²) in [5, 5.41) is 4.17. The van der Waals surface area contributed by atoms with Crippen LogP contribution in [0.3, 0.4) is 0 Å². The van der Waals surface area contributed by atoms with Crippen LogP contribution in [0.1, 0.15) is 48.1 Å². The quantitative estimate of drug-likeness (QED) is 0.222. The summed E-state index contributed by atoms with van der Waals surface area (Å²) in [6, 6.07) is 33.1. The highest BCUT2D eigenvalue weighted by molar-refractivity contribution is 5.92. The van der Waals surface area contributed by atoms with E-state index in [4.69, 9.17) is 9.72 Å². The monoisotopic (exact) mass is 539 g/mol. The lowest BCUT2D eigenvalue weighted by Gasteiger charge is -2.40. The lowest BCUT2D eigenvalue weighted by molar-refractivity contribution is -0.115. The van der Waals surface area contributed by atoms with Gasteiger partial charge in [0.05, 0.1) is 17.6 Å². The normalized spacial score (nSPS) is 21.2. The number of hydrogen-bond donors (Lipinski definition) is 1. The number of anilines is 1. The molecular weight excluding hydrogens is 506 g/mol. The maximum absolute atomic E-state index is 13.3. The first kappa shape index (κ1) is 25.5. The summed E-state index contributed by atoms with van der Waals surface area (Å²) >= 11 is 0. The van der Waals surface area contributed by atoms with E-state index in [1.54, 1.807) is 12.4 Å². The minimum absolute atomic E-state index is 0.0298. The molecular formula is C36H33N3O2. The largest absolute Gasteiger partial charge is 0.487 e. The Kier molecular flexibility index (Phi) is 6.71. The Hall–Kier alpha value is -4.51. The predicted molar refractivity (Wildman–Crippen MR) is 162 cm³/mol. The van der Waals surface area contributed by atoms with Crippen LogP contribution in [0.15, 0.2) is 109 Å². The summed E-state index contributed by atoms with van der Waals surface area (Å²) in [7, 11) is 0. The molecule has 2 bridgehead atoms. The van der Waals surface area contributed by atoms with E-state index in [1.165, 1.54) is 30.4 Å². The van der Waals surface area contributed by atoms with Gasteiger partial charge in [-0.25, -0.2) is 4.98 Å². The van der Waals surface area contributed by atoms with Gasteiger partial charge in [0.15, 0.2) is 0 Å². The predicted octanol–water partition coefficient (Wildman–Crippen LogP) is 7.50. The number of carbonyl (C=O) groups is 1. The van der Waals surface area contributed by atoms with E-state index in [0.717, 1.165) is 40.0 Å². The molecule has 3 unspecified atom stereocenters. The number of fused-ring (bicyclic) bond motifs is 3. The minimum atomic E-state index is -0.128. The Bertz CT molecular complexity index is 1690. The molecule has 2 fully saturated rings. The van der Waals surface area contributed by atoms with Crippen LogP contribution in [-0.2, 0) is 23.2 Å². The van der Waals surface area contributed by atoms with Crippen LogP contribution in [0, 0.1) is 11.8 Å². The molecule has 204 valence electrons. The third-order valence-electron chi connectivity index (χ3n) is 9.06. The van der Waals surface area contributed by atoms with Gasteiger partial charge in [0.1, 0.15) is 12.4 Å². The summed E-state index contributed by atoms with van der Waals surface area (Å²) in [6.45, 7) is 0.385. The maximum atomic E-state index is 13.3. The van der Waals surface area contributed by atoms with Crippen molar-refractivity contribution in [3.05, 3.63) is 132 Å². The number of benzene rings is 3. The zero-order valence-corrected chi connectivity index (χ0v) is 23.0. The Labute approximate surface area is 240 Å². The van der Waals surface area contributed by atoms with Gasteiger partial charge >= 0.3 is 0 Å². The summed E-state index contributed by atoms with van der Waals surface area (Å²) in [4.78, 5) is 22.1. The average molecular weight is 540 g/mol. The van der Waals surface area contributed by atoms with Gasteiger partial charge in [0.2, 0.25) is 5.91 Å². The molecule has 3 aromatic carbocycles. The fourth-order valence-corrected chi connectivity index (χ4v) is 7.28. The van der Waals surface area contributed by atoms with E-state index >= 15 is 0 Å². The van der Waals surface area contributed by atoms with E-state index < -0.39 is 0 Å². The number of aromatic nitrogens is 2. The number of nitrogens with zero attached hydrogens (tertiary/aromatic N) is 2. The molecule has 0 saturated heterocycles. The van der Waals surface area contributed by atoms with Crippen LogP contribution in [0.2, 0.25) is 0 Å². The summed E-state index contributed by atoms with van der Waals surface area (Å²) in [5.41, 5.74) is 6.12. The number of nitrogens with one attached hydrogen (secondary N) is 1. The Morgan fingerprint density at radius 3 is 2.54 bits per heavy atom. The molecule has 2 saturated carbocycles. The van der Waals surface area contributed by atoms with Gasteiger partial charge in [-0.15, -0.1) is 0 Å². The lowest BCUT2D eigenvalue weighted by atomic mass is 9.63. The number of amides is 1. The standard InChI is InChI=1S/C36H33N3O2/c40-35(39-30-16-18-37-19-17-30)21-27-12-15-32(41-24-31-14-11-26-6-4-5-9-34(26)38-31)22-33(27)36(28-7-2-1-3-8-28)23-25-10-13-29(36)20-25/h1-9,11-12,14-19,22,25,29H,10,13,20-21,23-24H2,(H,37,39,40). The number of rotatable bonds is 8. The van der Waals surface area contributed by atoms with Crippen molar-refractivity contribution in [1.82, 2.24) is 9.97 Å². The molecule has 5 aromatic rings. The van der Waals surface area contributed by atoms with Crippen molar-refractivity contribution in [3.8, 4) is 5.75 Å². The van der Waals surface area contributed by atoms with Crippen molar-refractivity contribution in [2.24, 2.45) is 11.8 Å². The van der Waals surface area contributed by atoms with Crippen molar-refractivity contribution < 1.29 is 9.53 Å². The Morgan fingerprint density at radius 2 is 1.73 bits per heavy atom. The number of pyridine rings is 2. The van der Waals surface area contributed by atoms with Gasteiger partial charge < -0.3 is 10.1 Å². The molecule has 41 heavy (non-hydrogen) atoms. The highest BCUT2D eigenvalue weighted by Gasteiger charge is 2.53. The second-order valence-electron chi connectivity index (χ2n) is 11.5. The van der Waals surface area contributed by atoms with E-state index in [1.807, 2.05) is 42.5 Å². The van der Waals surface area contributed by atoms with Gasteiger partial charge in [-0.2, -0.15) is 0 Å². The van der Waals surface area contributed by atoms with Crippen molar-refractivity contribution in [2.75, 3.05) is 5.32 Å². The zero-order chi connectivity index (χ0) is 27.6. The summed E-state index contributed by atoms with van der Waals surface area (Å²) in [6.07, 6.45) is 8.54. The summed E-state index contributed by atoms with van der Waals surface area (Å²) in [5.74, 6) is 2.04. The molecule has 5 nitrogen and oxygen atoms in total. The first-order valence-corrected chi connectivity index (χ1v) is 14.5. The first-order valence-electron chi connectivity index (χ1n) is 14.5. The van der Waals surface area contributed by atoms with E-state index in [2.05, 4.69) is 64.9 Å². The lowest BCUT2D eigenvalue weighted by Crippen LogP contribution is -2.35. The Balaban J connectivity index is 1.24. The van der Waals surface area contributed by atoms with Gasteiger partial charge in [0.25, 0.3) is 0 Å². The van der Waals surface area contributed by atoms with Crippen molar-refractivity contribution in [2.45, 2.75) is 44.1 Å². The molecule has 5 heteroatoms. The second kappa shape index (κ2) is 10.8. The van der Waals surface area contributed by atoms with Crippen molar-refractivity contribution in [3.63, 3.8) is 0 Å². The van der Waals surface area contributed by atoms with E-state index in [9.17, 15) is 4.79 Å². The van der Waals surface area contributed by atoms with Gasteiger partial charge in [-0.1, -0.05) is 67.1 Å². The molecule has 1 amide bonds. The minimum Gasteiger partial charge on any atom is -0.487 e. The fourth-order valence-electron chi connectivity index (χ4n) is 7.28. The molecule has 7 rings (SSSR count). The maximum Gasteiger partial charge on any atom is 0.228 e. The van der Waals surface area contributed by atoms with E-state index in [0.29, 0.717) is 24.9 Å². The molecule has 2 aliphatic carbocycles. The van der Waals surface area contributed by atoms with Gasteiger partial charge in [-0.3, -0.25) is 9.78 Å². The first-order chi connectivity index (χ1) is 20.2. The van der Waals surface area contributed by atoms with Crippen molar-refractivity contribution >= 4 is 22.5 Å². The highest BCUT2D eigenvalue weighted by atomic mass is 16.5. The number of para-hydroxylation sites is 1. The van der Waals surface area contributed by atoms with Crippen LogP contribution < -0.4 is 10.1 Å². The fraction of sp³-hybridized carbons (Fsp3) is 0.250. The smallest absolute Gasteiger partial charge is 0.228 e. The van der Waals surface area contributed by atoms with E-state index in [-0.39, 0.29) is 11.3 Å². The van der Waals surface area contributed by atoms with Crippen LogP contribution in [-0.4, -0.2) is 15.9 Å². The third kappa shape index (κ3) is 4.97. The molecule has 2 aromatic heterocycles. The number of carbonyl (C=O) groups excluding carboxylic acids is 1. The molecule has 2 heterocycles. The number of hydrogen-bond acceptors (Lipinski definition) is 4. The molecule has 0 spiro atoms. The molecule has 0 radical (unpaired) electrons. The van der Waals surface area contributed by atoms with Crippen molar-refractivity contribution in [1.29, 1.82) is 0 Å². The molecule has 3 atom stereocenters. The topological polar surface area (TPSA) is 64.1 Å². The molecule has 0 aliphatic heterocycles. The van der Waals surface area contributed by atoms with Crippen LogP contribution in [0.25, 0.3) is 10.9 Å². The summed E-state index contributed by atoms with van der Waals surface area (Å²) < 4.78 is 6.39. The van der Waals surface area contributed by atoms with Crippen LogP contribution >= 0.6 is 0 Å². The zero-order valence-electron chi connectivity index (χ0n) is 23.0. The highest BCUT2D eigenvalue weighted by Crippen LogP contribution is 2.60. The molecule has 2 aliphatic rings. The number of ether oxygens (including phenoxy) is 1.